The number of morpholine rings is 1. The number of aliphatic carboxylic acids is 1. The van der Waals surface area contributed by atoms with Crippen LogP contribution in [0.15, 0.2) is 0 Å². The molecule has 1 N–H and O–H groups in total. The quantitative estimate of drug-likeness (QED) is 0.867. The lowest BCUT2D eigenvalue weighted by Gasteiger charge is -2.25. The van der Waals surface area contributed by atoms with E-state index in [1.807, 2.05) is 6.92 Å². The summed E-state index contributed by atoms with van der Waals surface area (Å²) in [6, 6.07) is 0. The van der Waals surface area contributed by atoms with E-state index in [0.717, 1.165) is 48.4 Å². The van der Waals surface area contributed by atoms with Gasteiger partial charge in [0.15, 0.2) is 0 Å². The molecule has 17 heavy (non-hydrogen) atoms. The number of rotatable bonds is 4. The summed E-state index contributed by atoms with van der Waals surface area (Å²) in [5, 5.41) is 9.77. The van der Waals surface area contributed by atoms with Crippen molar-refractivity contribution in [3.05, 3.63) is 15.6 Å². The van der Waals surface area contributed by atoms with Crippen molar-refractivity contribution in [1.82, 2.24) is 9.88 Å². The number of ether oxygens (including phenoxy) is 1. The molecule has 1 fully saturated rings. The Kier molecular flexibility index (Phi) is 4.09. The number of thiazole rings is 1. The second-order valence-electron chi connectivity index (χ2n) is 4.08. The zero-order valence-corrected chi connectivity index (χ0v) is 10.6. The third-order valence-corrected chi connectivity index (χ3v) is 3.85. The lowest BCUT2D eigenvalue weighted by molar-refractivity contribution is -0.136. The number of hydrogen-bond donors (Lipinski definition) is 1. The maximum Gasteiger partial charge on any atom is 0.308 e. The molecule has 1 aliphatic rings. The molecule has 0 aromatic carbocycles. The van der Waals surface area contributed by atoms with Crippen molar-refractivity contribution in [2.45, 2.75) is 19.9 Å². The molecule has 2 heterocycles. The van der Waals surface area contributed by atoms with Gasteiger partial charge in [-0.2, -0.15) is 0 Å². The van der Waals surface area contributed by atoms with Crippen molar-refractivity contribution in [3.63, 3.8) is 0 Å². The van der Waals surface area contributed by atoms with Crippen LogP contribution in [0.1, 0.15) is 15.6 Å². The standard InChI is InChI=1S/C11H16N2O3S/c1-8-9(6-11(14)15)17-10(12-8)7-13-2-4-16-5-3-13/h2-7H2,1H3,(H,14,15). The lowest BCUT2D eigenvalue weighted by atomic mass is 10.3. The van der Waals surface area contributed by atoms with Gasteiger partial charge in [0.05, 0.1) is 31.9 Å². The Morgan fingerprint density at radius 1 is 1.53 bits per heavy atom. The summed E-state index contributed by atoms with van der Waals surface area (Å²) in [6.45, 7) is 6.06. The molecule has 1 aromatic heterocycles. The number of aryl methyl sites for hydroxylation is 1. The predicted molar refractivity (Wildman–Crippen MR) is 64.3 cm³/mol. The predicted octanol–water partition coefficient (Wildman–Crippen LogP) is 0.911. The van der Waals surface area contributed by atoms with Crippen LogP contribution in [0.3, 0.4) is 0 Å². The highest BCUT2D eigenvalue weighted by atomic mass is 32.1. The molecule has 0 aliphatic carbocycles. The number of carbonyl (C=O) groups is 1. The van der Waals surface area contributed by atoms with Gasteiger partial charge in [-0.25, -0.2) is 4.98 Å². The molecule has 6 heteroatoms. The van der Waals surface area contributed by atoms with E-state index in [1.54, 1.807) is 0 Å². The fourth-order valence-electron chi connectivity index (χ4n) is 1.81. The molecule has 1 saturated heterocycles. The first-order chi connectivity index (χ1) is 8.15. The molecule has 0 bridgehead atoms. The Morgan fingerprint density at radius 2 is 2.24 bits per heavy atom. The lowest BCUT2D eigenvalue weighted by Crippen LogP contribution is -2.35. The number of aromatic nitrogens is 1. The average Bonchev–Trinajstić information content (AvgIpc) is 2.59. The van der Waals surface area contributed by atoms with Crippen molar-refractivity contribution in [3.8, 4) is 0 Å². The normalized spacial score (nSPS) is 17.2. The molecule has 0 unspecified atom stereocenters. The third-order valence-electron chi connectivity index (χ3n) is 2.71. The molecule has 1 aromatic rings. The number of nitrogens with zero attached hydrogens (tertiary/aromatic N) is 2. The van der Waals surface area contributed by atoms with E-state index in [9.17, 15) is 4.79 Å². The third kappa shape index (κ3) is 3.49. The van der Waals surface area contributed by atoms with Gasteiger partial charge < -0.3 is 9.84 Å². The van der Waals surface area contributed by atoms with Crippen LogP contribution in [0, 0.1) is 6.92 Å². The molecule has 1 aliphatic heterocycles. The van der Waals surface area contributed by atoms with Crippen LogP contribution in [0.5, 0.6) is 0 Å². The van der Waals surface area contributed by atoms with Crippen LogP contribution in [-0.4, -0.2) is 47.3 Å². The van der Waals surface area contributed by atoms with E-state index in [1.165, 1.54) is 11.3 Å². The highest BCUT2D eigenvalue weighted by molar-refractivity contribution is 7.11. The zero-order chi connectivity index (χ0) is 12.3. The van der Waals surface area contributed by atoms with E-state index in [-0.39, 0.29) is 6.42 Å². The molecule has 0 spiro atoms. The average molecular weight is 256 g/mol. The molecular formula is C11H16N2O3S. The van der Waals surface area contributed by atoms with Crippen molar-refractivity contribution >= 4 is 17.3 Å². The highest BCUT2D eigenvalue weighted by Crippen LogP contribution is 2.20. The Morgan fingerprint density at radius 3 is 2.88 bits per heavy atom. The van der Waals surface area contributed by atoms with Crippen molar-refractivity contribution < 1.29 is 14.6 Å². The zero-order valence-electron chi connectivity index (χ0n) is 9.81. The summed E-state index contributed by atoms with van der Waals surface area (Å²) in [5.41, 5.74) is 0.848. The van der Waals surface area contributed by atoms with Crippen LogP contribution in [0.2, 0.25) is 0 Å². The Bertz CT molecular complexity index is 399. The van der Waals surface area contributed by atoms with Crippen LogP contribution in [0.25, 0.3) is 0 Å². The van der Waals surface area contributed by atoms with Gasteiger partial charge in [-0.15, -0.1) is 11.3 Å². The van der Waals surface area contributed by atoms with Gasteiger partial charge >= 0.3 is 5.97 Å². The van der Waals surface area contributed by atoms with Crippen LogP contribution in [0.4, 0.5) is 0 Å². The summed E-state index contributed by atoms with van der Waals surface area (Å²) >= 11 is 1.51. The minimum atomic E-state index is -0.797. The van der Waals surface area contributed by atoms with Gasteiger partial charge in [-0.05, 0) is 6.92 Å². The van der Waals surface area contributed by atoms with E-state index in [0.29, 0.717) is 0 Å². The fraction of sp³-hybridized carbons (Fsp3) is 0.636. The van der Waals surface area contributed by atoms with Crippen molar-refractivity contribution in [2.75, 3.05) is 26.3 Å². The number of hydrogen-bond acceptors (Lipinski definition) is 5. The van der Waals surface area contributed by atoms with E-state index >= 15 is 0 Å². The van der Waals surface area contributed by atoms with Crippen LogP contribution in [-0.2, 0) is 22.5 Å². The molecule has 0 radical (unpaired) electrons. The first-order valence-electron chi connectivity index (χ1n) is 5.62. The smallest absolute Gasteiger partial charge is 0.308 e. The van der Waals surface area contributed by atoms with Crippen molar-refractivity contribution in [2.24, 2.45) is 0 Å². The first kappa shape index (κ1) is 12.5. The Balaban J connectivity index is 1.98. The minimum absolute atomic E-state index is 0.0760. The molecule has 5 nitrogen and oxygen atoms in total. The first-order valence-corrected chi connectivity index (χ1v) is 6.44. The second-order valence-corrected chi connectivity index (χ2v) is 5.24. The number of carboxylic acids is 1. The van der Waals surface area contributed by atoms with Gasteiger partial charge in [-0.1, -0.05) is 0 Å². The summed E-state index contributed by atoms with van der Waals surface area (Å²) < 4.78 is 5.28. The monoisotopic (exact) mass is 256 g/mol. The van der Waals surface area contributed by atoms with Crippen LogP contribution < -0.4 is 0 Å². The SMILES string of the molecule is Cc1nc(CN2CCOCC2)sc1CC(=O)O. The number of carboxylic acid groups (broad SMARTS) is 1. The summed E-state index contributed by atoms with van der Waals surface area (Å²) in [5.74, 6) is -0.797. The molecular weight excluding hydrogens is 240 g/mol. The summed E-state index contributed by atoms with van der Waals surface area (Å²) in [4.78, 5) is 18.2. The van der Waals surface area contributed by atoms with E-state index < -0.39 is 5.97 Å². The fourth-order valence-corrected chi connectivity index (χ4v) is 2.91. The summed E-state index contributed by atoms with van der Waals surface area (Å²) in [6.07, 6.45) is 0.0760. The largest absolute Gasteiger partial charge is 0.481 e. The molecule has 0 atom stereocenters. The van der Waals surface area contributed by atoms with Gasteiger partial charge in [-0.3, -0.25) is 9.69 Å². The highest BCUT2D eigenvalue weighted by Gasteiger charge is 2.15. The van der Waals surface area contributed by atoms with Crippen LogP contribution >= 0.6 is 11.3 Å². The second kappa shape index (κ2) is 5.57. The Hall–Kier alpha value is -0.980. The Labute approximate surface area is 104 Å². The minimum Gasteiger partial charge on any atom is -0.481 e. The molecule has 0 amide bonds. The van der Waals surface area contributed by atoms with Gasteiger partial charge in [0.25, 0.3) is 0 Å². The topological polar surface area (TPSA) is 62.7 Å². The maximum absolute atomic E-state index is 10.7. The van der Waals surface area contributed by atoms with Gasteiger partial charge in [0.2, 0.25) is 0 Å². The van der Waals surface area contributed by atoms with E-state index in [4.69, 9.17) is 9.84 Å². The maximum atomic E-state index is 10.7. The molecule has 0 saturated carbocycles. The molecule has 2 rings (SSSR count). The van der Waals surface area contributed by atoms with Gasteiger partial charge in [0.1, 0.15) is 5.01 Å². The molecule has 94 valence electrons. The summed E-state index contributed by atoms with van der Waals surface area (Å²) in [7, 11) is 0. The van der Waals surface area contributed by atoms with Crippen molar-refractivity contribution in [1.29, 1.82) is 0 Å². The van der Waals surface area contributed by atoms with E-state index in [2.05, 4.69) is 9.88 Å². The van der Waals surface area contributed by atoms with Gasteiger partial charge in [0, 0.05) is 18.0 Å².